The second kappa shape index (κ2) is 6.20. The van der Waals surface area contributed by atoms with E-state index in [-0.39, 0.29) is 0 Å². The molecule has 1 aromatic heterocycles. The third-order valence-electron chi connectivity index (χ3n) is 2.80. The van der Waals surface area contributed by atoms with Gasteiger partial charge in [0.2, 0.25) is 5.88 Å². The highest BCUT2D eigenvalue weighted by atomic mass is 16.5. The first-order valence-electron chi connectivity index (χ1n) is 6.27. The second-order valence-electron chi connectivity index (χ2n) is 4.12. The van der Waals surface area contributed by atoms with Crippen LogP contribution in [0.5, 0.6) is 17.4 Å². The SMILES string of the molecule is CCc1cc(CN)cc(Oc2ccccc2OC)n1. The second-order valence-corrected chi connectivity index (χ2v) is 4.12. The van der Waals surface area contributed by atoms with Crippen LogP contribution < -0.4 is 15.2 Å². The molecule has 2 N–H and O–H groups in total. The van der Waals surface area contributed by atoms with Gasteiger partial charge in [0.15, 0.2) is 11.5 Å². The first-order valence-corrected chi connectivity index (χ1v) is 6.27. The molecule has 19 heavy (non-hydrogen) atoms. The highest BCUT2D eigenvalue weighted by Crippen LogP contribution is 2.30. The highest BCUT2D eigenvalue weighted by molar-refractivity contribution is 5.42. The molecule has 0 bridgehead atoms. The number of pyridine rings is 1. The molecule has 0 fully saturated rings. The first kappa shape index (κ1) is 13.4. The standard InChI is InChI=1S/C15H18N2O2/c1-3-12-8-11(10-16)9-15(17-12)19-14-7-5-4-6-13(14)18-2/h4-9H,3,10,16H2,1-2H3. The lowest BCUT2D eigenvalue weighted by molar-refractivity contribution is 0.373. The average Bonchev–Trinajstić information content (AvgIpc) is 2.47. The molecule has 0 aliphatic heterocycles. The summed E-state index contributed by atoms with van der Waals surface area (Å²) in [6.07, 6.45) is 0.843. The van der Waals surface area contributed by atoms with Crippen molar-refractivity contribution in [3.05, 3.63) is 47.7 Å². The van der Waals surface area contributed by atoms with Gasteiger partial charge in [0.25, 0.3) is 0 Å². The third kappa shape index (κ3) is 3.23. The van der Waals surface area contributed by atoms with Crippen molar-refractivity contribution < 1.29 is 9.47 Å². The van der Waals surface area contributed by atoms with Gasteiger partial charge in [0, 0.05) is 18.3 Å². The van der Waals surface area contributed by atoms with Gasteiger partial charge in [-0.25, -0.2) is 4.98 Å². The van der Waals surface area contributed by atoms with Gasteiger partial charge in [-0.3, -0.25) is 0 Å². The Morgan fingerprint density at radius 3 is 2.53 bits per heavy atom. The zero-order valence-electron chi connectivity index (χ0n) is 11.2. The van der Waals surface area contributed by atoms with Gasteiger partial charge in [0.05, 0.1) is 7.11 Å². The van der Waals surface area contributed by atoms with Crippen LogP contribution in [-0.4, -0.2) is 12.1 Å². The molecule has 0 atom stereocenters. The summed E-state index contributed by atoms with van der Waals surface area (Å²) in [6, 6.07) is 11.3. The number of nitrogens with zero attached hydrogens (tertiary/aromatic N) is 1. The van der Waals surface area contributed by atoms with Crippen LogP contribution in [0.3, 0.4) is 0 Å². The van der Waals surface area contributed by atoms with Gasteiger partial charge >= 0.3 is 0 Å². The third-order valence-corrected chi connectivity index (χ3v) is 2.80. The number of methoxy groups -OCH3 is 1. The number of hydrogen-bond donors (Lipinski definition) is 1. The molecule has 0 saturated carbocycles. The molecular formula is C15H18N2O2. The maximum atomic E-state index is 5.79. The maximum absolute atomic E-state index is 5.79. The molecular weight excluding hydrogens is 240 g/mol. The summed E-state index contributed by atoms with van der Waals surface area (Å²) in [4.78, 5) is 4.44. The van der Waals surface area contributed by atoms with Crippen LogP contribution >= 0.6 is 0 Å². The predicted molar refractivity (Wildman–Crippen MR) is 74.6 cm³/mol. The molecule has 0 spiro atoms. The Kier molecular flexibility index (Phi) is 4.36. The van der Waals surface area contributed by atoms with E-state index >= 15 is 0 Å². The van der Waals surface area contributed by atoms with Crippen molar-refractivity contribution >= 4 is 0 Å². The van der Waals surface area contributed by atoms with Crippen LogP contribution in [-0.2, 0) is 13.0 Å². The van der Waals surface area contributed by atoms with E-state index in [2.05, 4.69) is 11.9 Å². The molecule has 0 amide bonds. The Hall–Kier alpha value is -2.07. The average molecular weight is 258 g/mol. The fraction of sp³-hybridized carbons (Fsp3) is 0.267. The lowest BCUT2D eigenvalue weighted by Crippen LogP contribution is -2.01. The highest BCUT2D eigenvalue weighted by Gasteiger charge is 2.07. The maximum Gasteiger partial charge on any atom is 0.219 e. The summed E-state index contributed by atoms with van der Waals surface area (Å²) in [7, 11) is 1.61. The molecule has 2 rings (SSSR count). The van der Waals surface area contributed by atoms with E-state index in [4.69, 9.17) is 15.2 Å². The molecule has 1 aromatic carbocycles. The van der Waals surface area contributed by atoms with Gasteiger partial charge in [-0.2, -0.15) is 0 Å². The van der Waals surface area contributed by atoms with Gasteiger partial charge in [-0.05, 0) is 30.2 Å². The number of benzene rings is 1. The van der Waals surface area contributed by atoms with Crippen LogP contribution in [0, 0.1) is 0 Å². The van der Waals surface area contributed by atoms with Crippen molar-refractivity contribution in [3.8, 4) is 17.4 Å². The largest absolute Gasteiger partial charge is 0.493 e. The van der Waals surface area contributed by atoms with Crippen molar-refractivity contribution in [2.75, 3.05) is 7.11 Å². The number of hydrogen-bond acceptors (Lipinski definition) is 4. The molecule has 0 radical (unpaired) electrons. The zero-order chi connectivity index (χ0) is 13.7. The van der Waals surface area contributed by atoms with E-state index in [0.717, 1.165) is 17.7 Å². The minimum atomic E-state index is 0.470. The minimum absolute atomic E-state index is 0.470. The number of aromatic nitrogens is 1. The van der Waals surface area contributed by atoms with Gasteiger partial charge in [-0.15, -0.1) is 0 Å². The van der Waals surface area contributed by atoms with Crippen molar-refractivity contribution in [2.45, 2.75) is 19.9 Å². The lowest BCUT2D eigenvalue weighted by atomic mass is 10.2. The van der Waals surface area contributed by atoms with Gasteiger partial charge < -0.3 is 15.2 Å². The van der Waals surface area contributed by atoms with Crippen molar-refractivity contribution in [1.82, 2.24) is 4.98 Å². The predicted octanol–water partition coefficient (Wildman–Crippen LogP) is 2.90. The monoisotopic (exact) mass is 258 g/mol. The van der Waals surface area contributed by atoms with E-state index in [1.54, 1.807) is 7.11 Å². The summed E-state index contributed by atoms with van der Waals surface area (Å²) in [5, 5.41) is 0. The number of aryl methyl sites for hydroxylation is 1. The fourth-order valence-electron chi connectivity index (χ4n) is 1.79. The summed E-state index contributed by atoms with van der Waals surface area (Å²) >= 11 is 0. The Balaban J connectivity index is 2.32. The van der Waals surface area contributed by atoms with E-state index < -0.39 is 0 Å². The molecule has 100 valence electrons. The molecule has 0 aliphatic carbocycles. The van der Waals surface area contributed by atoms with Crippen LogP contribution in [0.1, 0.15) is 18.2 Å². The van der Waals surface area contributed by atoms with Gasteiger partial charge in [0.1, 0.15) is 0 Å². The number of ether oxygens (including phenoxy) is 2. The van der Waals surface area contributed by atoms with E-state index in [0.29, 0.717) is 23.9 Å². The van der Waals surface area contributed by atoms with E-state index in [1.807, 2.05) is 36.4 Å². The molecule has 4 nitrogen and oxygen atoms in total. The smallest absolute Gasteiger partial charge is 0.219 e. The molecule has 2 aromatic rings. The van der Waals surface area contributed by atoms with Crippen molar-refractivity contribution in [1.29, 1.82) is 0 Å². The van der Waals surface area contributed by atoms with Crippen LogP contribution in [0.2, 0.25) is 0 Å². The van der Waals surface area contributed by atoms with E-state index in [9.17, 15) is 0 Å². The topological polar surface area (TPSA) is 57.4 Å². The van der Waals surface area contributed by atoms with Crippen LogP contribution in [0.15, 0.2) is 36.4 Å². The Labute approximate surface area is 113 Å². The summed E-state index contributed by atoms with van der Waals surface area (Å²) in [5.41, 5.74) is 7.66. The molecule has 0 saturated heterocycles. The summed E-state index contributed by atoms with van der Waals surface area (Å²) in [6.45, 7) is 2.52. The Morgan fingerprint density at radius 1 is 1.16 bits per heavy atom. The summed E-state index contributed by atoms with van der Waals surface area (Å²) in [5.74, 6) is 1.87. The van der Waals surface area contributed by atoms with Crippen molar-refractivity contribution in [3.63, 3.8) is 0 Å². The molecule has 0 aliphatic rings. The number of rotatable bonds is 5. The van der Waals surface area contributed by atoms with Crippen LogP contribution in [0.4, 0.5) is 0 Å². The Bertz CT molecular complexity index is 533. The van der Waals surface area contributed by atoms with Gasteiger partial charge in [-0.1, -0.05) is 19.1 Å². The molecule has 4 heteroatoms. The minimum Gasteiger partial charge on any atom is -0.493 e. The lowest BCUT2D eigenvalue weighted by Gasteiger charge is -2.11. The molecule has 1 heterocycles. The van der Waals surface area contributed by atoms with E-state index in [1.165, 1.54) is 0 Å². The fourth-order valence-corrected chi connectivity index (χ4v) is 1.79. The van der Waals surface area contributed by atoms with Crippen molar-refractivity contribution in [2.24, 2.45) is 5.73 Å². The quantitative estimate of drug-likeness (QED) is 0.895. The first-order chi connectivity index (χ1) is 9.26. The van der Waals surface area contributed by atoms with Crippen LogP contribution in [0.25, 0.3) is 0 Å². The number of para-hydroxylation sites is 2. The summed E-state index contributed by atoms with van der Waals surface area (Å²) < 4.78 is 11.0. The molecule has 0 unspecified atom stereocenters. The normalized spacial score (nSPS) is 10.3. The Morgan fingerprint density at radius 2 is 1.89 bits per heavy atom. The number of nitrogens with two attached hydrogens (primary N) is 1. The zero-order valence-corrected chi connectivity index (χ0v) is 11.2.